The summed E-state index contributed by atoms with van der Waals surface area (Å²) in [6.45, 7) is 0. The molecule has 1 atom stereocenters. The fraction of sp³-hybridized carbons (Fsp3) is 0. The van der Waals surface area contributed by atoms with Crippen LogP contribution in [-0.4, -0.2) is 24.8 Å². The lowest BCUT2D eigenvalue weighted by Gasteiger charge is -1.83. The zero-order valence-electron chi connectivity index (χ0n) is 5.27. The van der Waals surface area contributed by atoms with Crippen LogP contribution in [0.3, 0.4) is 0 Å². The van der Waals surface area contributed by atoms with Crippen LogP contribution in [0, 0.1) is 0 Å². The molecule has 0 aromatic carbocycles. The molecule has 1 aromatic heterocycles. The Labute approximate surface area is 64.3 Å². The molecule has 11 heavy (non-hydrogen) atoms. The van der Waals surface area contributed by atoms with E-state index in [-0.39, 0.29) is 10.6 Å². The first-order valence-corrected chi connectivity index (χ1v) is 3.74. The number of carboxylic acid groups (broad SMARTS) is 1. The molecule has 0 radical (unpaired) electrons. The molecule has 0 fully saturated rings. The first-order valence-electron chi connectivity index (χ1n) is 2.64. The first-order chi connectivity index (χ1) is 5.11. The zero-order valence-corrected chi connectivity index (χ0v) is 6.09. The highest BCUT2D eigenvalue weighted by atomic mass is 32.2. The first kappa shape index (κ1) is 7.96. The summed E-state index contributed by atoms with van der Waals surface area (Å²) in [4.78, 5) is 12.6. The summed E-state index contributed by atoms with van der Waals surface area (Å²) in [5, 5.41) is 8.37. The van der Waals surface area contributed by atoms with Crippen LogP contribution in [0.2, 0.25) is 0 Å². The van der Waals surface area contributed by atoms with Gasteiger partial charge in [-0.1, -0.05) is 0 Å². The lowest BCUT2D eigenvalue weighted by Crippen LogP contribution is -1.94. The molecule has 0 saturated heterocycles. The number of H-pyrrole nitrogens is 1. The van der Waals surface area contributed by atoms with Crippen LogP contribution in [0.4, 0.5) is 0 Å². The van der Waals surface area contributed by atoms with Crippen molar-refractivity contribution in [1.82, 2.24) is 4.98 Å². The van der Waals surface area contributed by atoms with E-state index in [1.807, 2.05) is 0 Å². The Morgan fingerprint density at radius 3 is 2.55 bits per heavy atom. The highest BCUT2D eigenvalue weighted by molar-refractivity contribution is 7.79. The van der Waals surface area contributed by atoms with E-state index in [0.29, 0.717) is 0 Å². The van der Waals surface area contributed by atoms with Crippen LogP contribution in [0.15, 0.2) is 17.2 Å². The molecule has 0 amide bonds. The Balaban J connectivity index is 2.99. The van der Waals surface area contributed by atoms with Crippen LogP contribution >= 0.6 is 0 Å². The largest absolute Gasteiger partial charge is 0.477 e. The van der Waals surface area contributed by atoms with Gasteiger partial charge in [0, 0.05) is 6.20 Å². The minimum Gasteiger partial charge on any atom is -0.477 e. The van der Waals surface area contributed by atoms with E-state index in [2.05, 4.69) is 4.98 Å². The second-order valence-corrected chi connectivity index (χ2v) is 2.77. The molecule has 0 aliphatic rings. The Kier molecular flexibility index (Phi) is 2.06. The maximum atomic E-state index is 10.3. The molecule has 60 valence electrons. The third-order valence-electron chi connectivity index (χ3n) is 1.09. The number of rotatable bonds is 2. The summed E-state index contributed by atoms with van der Waals surface area (Å²) in [6.07, 6.45) is 1.18. The number of hydrogen-bond donors (Lipinski definition) is 3. The Hall–Kier alpha value is -1.14. The molecular weight excluding hydrogens is 170 g/mol. The minimum atomic E-state index is -2.12. The molecule has 0 aliphatic carbocycles. The van der Waals surface area contributed by atoms with Crippen molar-refractivity contribution >= 4 is 17.0 Å². The standard InChI is InChI=1S/C5H5NO4S/c7-5(8)4-1-3(2-6-4)11(9)10/h1-2,6H,(H,7,8)(H,9,10). The maximum absolute atomic E-state index is 10.3. The van der Waals surface area contributed by atoms with E-state index >= 15 is 0 Å². The fourth-order valence-corrected chi connectivity index (χ4v) is 0.977. The number of carbonyl (C=O) groups is 1. The van der Waals surface area contributed by atoms with Crippen LogP contribution in [0.5, 0.6) is 0 Å². The van der Waals surface area contributed by atoms with E-state index in [4.69, 9.17) is 9.66 Å². The molecule has 3 N–H and O–H groups in total. The van der Waals surface area contributed by atoms with Crippen LogP contribution in [0.25, 0.3) is 0 Å². The van der Waals surface area contributed by atoms with Crippen molar-refractivity contribution in [2.75, 3.05) is 0 Å². The molecule has 0 bridgehead atoms. The SMILES string of the molecule is O=C(O)c1cc(S(=O)O)c[nH]1. The van der Waals surface area contributed by atoms with Crippen molar-refractivity contribution in [1.29, 1.82) is 0 Å². The summed E-state index contributed by atoms with van der Waals surface area (Å²) in [5.74, 6) is -1.15. The van der Waals surface area contributed by atoms with Crippen LogP contribution < -0.4 is 0 Å². The predicted molar refractivity (Wildman–Crippen MR) is 36.8 cm³/mol. The van der Waals surface area contributed by atoms with Gasteiger partial charge in [-0.05, 0) is 6.07 Å². The molecule has 6 heteroatoms. The summed E-state index contributed by atoms with van der Waals surface area (Å²) in [7, 11) is 0. The van der Waals surface area contributed by atoms with Gasteiger partial charge >= 0.3 is 5.97 Å². The van der Waals surface area contributed by atoms with Gasteiger partial charge in [0.2, 0.25) is 0 Å². The number of carboxylic acids is 1. The molecule has 1 heterocycles. The minimum absolute atomic E-state index is 0.0578. The summed E-state index contributed by atoms with van der Waals surface area (Å²) in [6, 6.07) is 1.11. The number of aromatic amines is 1. The highest BCUT2D eigenvalue weighted by Gasteiger charge is 2.08. The number of nitrogens with one attached hydrogen (secondary N) is 1. The van der Waals surface area contributed by atoms with E-state index in [1.165, 1.54) is 6.20 Å². The van der Waals surface area contributed by atoms with Gasteiger partial charge in [-0.15, -0.1) is 0 Å². The molecule has 0 spiro atoms. The van der Waals surface area contributed by atoms with Crippen molar-refractivity contribution in [3.8, 4) is 0 Å². The monoisotopic (exact) mass is 175 g/mol. The van der Waals surface area contributed by atoms with Crippen molar-refractivity contribution in [2.45, 2.75) is 4.90 Å². The molecule has 1 unspecified atom stereocenters. The Bertz CT molecular complexity index is 277. The van der Waals surface area contributed by atoms with E-state index in [9.17, 15) is 9.00 Å². The van der Waals surface area contributed by atoms with Gasteiger partial charge in [-0.3, -0.25) is 0 Å². The maximum Gasteiger partial charge on any atom is 0.352 e. The second-order valence-electron chi connectivity index (χ2n) is 1.80. The van der Waals surface area contributed by atoms with E-state index in [0.717, 1.165) is 6.07 Å². The molecule has 1 rings (SSSR count). The average molecular weight is 175 g/mol. The van der Waals surface area contributed by atoms with Crippen molar-refractivity contribution in [3.05, 3.63) is 18.0 Å². The molecule has 0 saturated carbocycles. The summed E-state index contributed by atoms with van der Waals surface area (Å²) >= 11 is -2.12. The highest BCUT2D eigenvalue weighted by Crippen LogP contribution is 2.06. The van der Waals surface area contributed by atoms with Gasteiger partial charge in [0.1, 0.15) is 5.69 Å². The molecule has 0 aliphatic heterocycles. The molecule has 5 nitrogen and oxygen atoms in total. The third kappa shape index (κ3) is 1.66. The lowest BCUT2D eigenvalue weighted by atomic mass is 10.4. The van der Waals surface area contributed by atoms with Crippen molar-refractivity contribution < 1.29 is 18.7 Å². The van der Waals surface area contributed by atoms with Crippen molar-refractivity contribution in [3.63, 3.8) is 0 Å². The fourth-order valence-electron chi connectivity index (χ4n) is 0.599. The zero-order chi connectivity index (χ0) is 8.43. The summed E-state index contributed by atoms with van der Waals surface area (Å²) < 4.78 is 18.8. The van der Waals surface area contributed by atoms with Crippen LogP contribution in [0.1, 0.15) is 10.5 Å². The van der Waals surface area contributed by atoms with Gasteiger partial charge in [0.15, 0.2) is 11.1 Å². The van der Waals surface area contributed by atoms with Crippen molar-refractivity contribution in [2.24, 2.45) is 0 Å². The van der Waals surface area contributed by atoms with E-state index in [1.54, 1.807) is 0 Å². The van der Waals surface area contributed by atoms with E-state index < -0.39 is 17.0 Å². The van der Waals surface area contributed by atoms with Gasteiger partial charge in [0.25, 0.3) is 0 Å². The summed E-state index contributed by atoms with van der Waals surface area (Å²) in [5.41, 5.74) is -0.0950. The number of aromatic nitrogens is 1. The Morgan fingerprint density at radius 1 is 1.64 bits per heavy atom. The normalized spacial score (nSPS) is 12.8. The number of hydrogen-bond acceptors (Lipinski definition) is 2. The predicted octanol–water partition coefficient (Wildman–Crippen LogP) is 0.294. The number of aromatic carboxylic acids is 1. The van der Waals surface area contributed by atoms with Gasteiger partial charge in [-0.2, -0.15) is 0 Å². The Morgan fingerprint density at radius 2 is 2.27 bits per heavy atom. The van der Waals surface area contributed by atoms with Gasteiger partial charge in [-0.25, -0.2) is 9.00 Å². The molecular formula is C5H5NO4S. The smallest absolute Gasteiger partial charge is 0.352 e. The topological polar surface area (TPSA) is 90.4 Å². The van der Waals surface area contributed by atoms with Gasteiger partial charge in [0.05, 0.1) is 4.90 Å². The third-order valence-corrected chi connectivity index (χ3v) is 1.73. The quantitative estimate of drug-likeness (QED) is 0.563. The van der Waals surface area contributed by atoms with Gasteiger partial charge < -0.3 is 14.6 Å². The lowest BCUT2D eigenvalue weighted by molar-refractivity contribution is 0.0691. The van der Waals surface area contributed by atoms with Crippen LogP contribution in [-0.2, 0) is 11.1 Å². The molecule has 1 aromatic rings. The average Bonchev–Trinajstić information content (AvgIpc) is 2.33. The second kappa shape index (κ2) is 2.85.